The summed E-state index contributed by atoms with van der Waals surface area (Å²) < 4.78 is 1.97. The molecule has 10 heteroatoms. The molecule has 0 radical (unpaired) electrons. The highest BCUT2D eigenvalue weighted by molar-refractivity contribution is 7.37. The summed E-state index contributed by atoms with van der Waals surface area (Å²) in [5.41, 5.74) is 5.61. The van der Waals surface area contributed by atoms with Crippen molar-refractivity contribution in [1.82, 2.24) is 30.2 Å². The summed E-state index contributed by atoms with van der Waals surface area (Å²) in [5, 5.41) is 15.4. The predicted octanol–water partition coefficient (Wildman–Crippen LogP) is 1.42. The fourth-order valence-electron chi connectivity index (χ4n) is 3.41. The van der Waals surface area contributed by atoms with Crippen LogP contribution in [0, 0.1) is 6.92 Å². The third-order valence-corrected chi connectivity index (χ3v) is 5.49. The Morgan fingerprint density at radius 1 is 1.37 bits per heavy atom. The average molecular weight is 401 g/mol. The molecule has 1 aliphatic heterocycles. The van der Waals surface area contributed by atoms with E-state index in [1.54, 1.807) is 6.20 Å². The zero-order valence-electron chi connectivity index (χ0n) is 15.0. The monoisotopic (exact) mass is 401 g/mol. The zero-order chi connectivity index (χ0) is 19.0. The molecule has 4 heterocycles. The van der Waals surface area contributed by atoms with E-state index in [1.807, 2.05) is 23.9 Å². The second-order valence-electron chi connectivity index (χ2n) is 6.59. The molecule has 0 bridgehead atoms. The molecule has 27 heavy (non-hydrogen) atoms. The van der Waals surface area contributed by atoms with Crippen LogP contribution in [0.5, 0.6) is 0 Å². The minimum Gasteiger partial charge on any atom is -0.363 e. The number of nitrogens with zero attached hydrogens (tertiary/aromatic N) is 6. The summed E-state index contributed by atoms with van der Waals surface area (Å²) in [5.74, 6) is 0. The van der Waals surface area contributed by atoms with Gasteiger partial charge in [-0.2, -0.15) is 5.10 Å². The van der Waals surface area contributed by atoms with Crippen LogP contribution in [0.2, 0.25) is 0 Å². The molecule has 8 nitrogen and oxygen atoms in total. The summed E-state index contributed by atoms with van der Waals surface area (Å²) in [7, 11) is 5.53. The van der Waals surface area contributed by atoms with Gasteiger partial charge in [0, 0.05) is 30.1 Å². The van der Waals surface area contributed by atoms with E-state index in [9.17, 15) is 4.79 Å². The molecular formula is C17H21N7OP2. The molecule has 1 N–H and O–H groups in total. The molecule has 2 atom stereocenters. The molecule has 0 saturated heterocycles. The Bertz CT molecular complexity index is 1030. The second-order valence-corrected chi connectivity index (χ2v) is 8.80. The van der Waals surface area contributed by atoms with Crippen molar-refractivity contribution < 1.29 is 0 Å². The molecule has 3 aromatic heterocycles. The normalized spacial score (nSPS) is 13.9. The lowest BCUT2D eigenvalue weighted by Crippen LogP contribution is -2.33. The number of aromatic nitrogens is 6. The van der Waals surface area contributed by atoms with Gasteiger partial charge in [-0.25, -0.2) is 9.78 Å². The highest BCUT2D eigenvalue weighted by Crippen LogP contribution is 2.31. The highest BCUT2D eigenvalue weighted by Gasteiger charge is 2.24. The Hall–Kier alpha value is -2.17. The van der Waals surface area contributed by atoms with Gasteiger partial charge in [-0.1, -0.05) is 11.3 Å². The van der Waals surface area contributed by atoms with Gasteiger partial charge < -0.3 is 4.90 Å². The topological polar surface area (TPSA) is 92.6 Å². The summed E-state index contributed by atoms with van der Waals surface area (Å²) in [6.07, 6.45) is 4.33. The molecule has 0 amide bonds. The first-order valence-electron chi connectivity index (χ1n) is 8.70. The van der Waals surface area contributed by atoms with Crippen molar-refractivity contribution in [2.45, 2.75) is 31.8 Å². The summed E-state index contributed by atoms with van der Waals surface area (Å²) in [6, 6.07) is 4.03. The lowest BCUT2D eigenvalue weighted by atomic mass is 10.1. The van der Waals surface area contributed by atoms with Gasteiger partial charge in [0.1, 0.15) is 5.69 Å². The number of fused-ring (bicyclic) bond motifs is 1. The van der Waals surface area contributed by atoms with E-state index in [1.165, 1.54) is 0 Å². The van der Waals surface area contributed by atoms with Gasteiger partial charge in [-0.05, 0) is 18.6 Å². The van der Waals surface area contributed by atoms with E-state index in [0.717, 1.165) is 41.3 Å². The molecule has 0 aliphatic carbocycles. The number of rotatable bonds is 4. The van der Waals surface area contributed by atoms with Gasteiger partial charge in [0.05, 0.1) is 36.4 Å². The first-order valence-corrected chi connectivity index (χ1v) is 10.0. The van der Waals surface area contributed by atoms with Crippen molar-refractivity contribution in [3.05, 3.63) is 63.1 Å². The Balaban J connectivity index is 1.59. The van der Waals surface area contributed by atoms with Gasteiger partial charge in [-0.3, -0.25) is 9.78 Å². The number of H-pyrrole nitrogens is 1. The van der Waals surface area contributed by atoms with Crippen LogP contribution in [0.1, 0.15) is 33.6 Å². The minimum absolute atomic E-state index is 0.157. The lowest BCUT2D eigenvalue weighted by molar-refractivity contribution is 0.602. The minimum atomic E-state index is -0.157. The van der Waals surface area contributed by atoms with Crippen LogP contribution < -0.4 is 10.5 Å². The number of pyridine rings is 1. The van der Waals surface area contributed by atoms with Gasteiger partial charge >= 0.3 is 0 Å². The summed E-state index contributed by atoms with van der Waals surface area (Å²) in [4.78, 5) is 18.5. The van der Waals surface area contributed by atoms with Crippen LogP contribution in [0.15, 0.2) is 29.3 Å². The maximum atomic E-state index is 11.8. The van der Waals surface area contributed by atoms with E-state index in [-0.39, 0.29) is 11.0 Å². The summed E-state index contributed by atoms with van der Waals surface area (Å²) in [6.45, 7) is 3.88. The molecule has 0 spiro atoms. The third kappa shape index (κ3) is 3.52. The molecule has 140 valence electrons. The number of hydrogen-bond donors (Lipinski definition) is 1. The Morgan fingerprint density at radius 3 is 3.04 bits per heavy atom. The Kier molecular flexibility index (Phi) is 5.02. The lowest BCUT2D eigenvalue weighted by Gasteiger charge is -2.29. The summed E-state index contributed by atoms with van der Waals surface area (Å²) >= 11 is 0. The van der Waals surface area contributed by atoms with Crippen LogP contribution in [-0.4, -0.2) is 36.7 Å². The second kappa shape index (κ2) is 7.45. The van der Waals surface area contributed by atoms with Gasteiger partial charge in [0.25, 0.3) is 5.56 Å². The van der Waals surface area contributed by atoms with Crippen molar-refractivity contribution >= 4 is 24.2 Å². The van der Waals surface area contributed by atoms with Crippen molar-refractivity contribution in [1.29, 1.82) is 0 Å². The molecular weight excluding hydrogens is 380 g/mol. The first kappa shape index (κ1) is 18.2. The molecule has 2 unspecified atom stereocenters. The molecule has 0 aromatic carbocycles. The van der Waals surface area contributed by atoms with Crippen LogP contribution in [0.4, 0.5) is 5.69 Å². The van der Waals surface area contributed by atoms with E-state index >= 15 is 0 Å². The maximum Gasteiger partial charge on any atom is 0.269 e. The Labute approximate surface area is 161 Å². The average Bonchev–Trinajstić information content (AvgIpc) is 3.06. The van der Waals surface area contributed by atoms with Crippen molar-refractivity contribution in [3.63, 3.8) is 0 Å². The number of aromatic amines is 1. The van der Waals surface area contributed by atoms with E-state index in [2.05, 4.69) is 54.9 Å². The standard InChI is InChI=1S/C17H21N7OP2/c1-10-14(7-19-21-16(10)25)23-6-4-13-12(9-23)20-22-24(13)8-11-3-2-5-18-15(11)17(26)27/h2-3,5,7,17H,4,6,8-9,26-27H2,1H3,(H,21,25). The van der Waals surface area contributed by atoms with Crippen molar-refractivity contribution in [2.24, 2.45) is 0 Å². The van der Waals surface area contributed by atoms with Gasteiger partial charge in [-0.15, -0.1) is 23.6 Å². The van der Waals surface area contributed by atoms with Crippen molar-refractivity contribution in [2.75, 3.05) is 11.4 Å². The third-order valence-electron chi connectivity index (χ3n) is 4.86. The van der Waals surface area contributed by atoms with E-state index < -0.39 is 0 Å². The van der Waals surface area contributed by atoms with Gasteiger partial charge in [0.15, 0.2) is 0 Å². The van der Waals surface area contributed by atoms with Crippen LogP contribution >= 0.6 is 18.5 Å². The Morgan fingerprint density at radius 2 is 2.22 bits per heavy atom. The number of anilines is 1. The maximum absolute atomic E-state index is 11.8. The smallest absolute Gasteiger partial charge is 0.269 e. The highest BCUT2D eigenvalue weighted by atomic mass is 31.1. The fraction of sp³-hybridized carbons (Fsp3) is 0.353. The predicted molar refractivity (Wildman–Crippen MR) is 110 cm³/mol. The van der Waals surface area contributed by atoms with Gasteiger partial charge in [0.2, 0.25) is 0 Å². The van der Waals surface area contributed by atoms with Crippen LogP contribution in [0.25, 0.3) is 0 Å². The van der Waals surface area contributed by atoms with E-state index in [4.69, 9.17) is 0 Å². The molecule has 0 fully saturated rings. The van der Waals surface area contributed by atoms with Crippen molar-refractivity contribution in [3.8, 4) is 0 Å². The van der Waals surface area contributed by atoms with Crippen LogP contribution in [0.3, 0.4) is 0 Å². The van der Waals surface area contributed by atoms with E-state index in [0.29, 0.717) is 18.7 Å². The quantitative estimate of drug-likeness (QED) is 0.665. The molecule has 3 aromatic rings. The molecule has 1 aliphatic rings. The largest absolute Gasteiger partial charge is 0.363 e. The molecule has 4 rings (SSSR count). The first-order chi connectivity index (χ1) is 13.0. The SMILES string of the molecule is Cc1c(N2CCc3c(nnn3Cc3cccnc3C(P)P)C2)cn[nH]c1=O. The fourth-order valence-corrected chi connectivity index (χ4v) is 4.01. The number of nitrogens with one attached hydrogen (secondary N) is 1. The van der Waals surface area contributed by atoms with Crippen LogP contribution in [-0.2, 0) is 19.5 Å². The number of hydrogen-bond acceptors (Lipinski definition) is 6. The molecule has 0 saturated carbocycles. The zero-order valence-corrected chi connectivity index (χ0v) is 17.3.